The molecule has 2 heterocycles. The fraction of sp³-hybridized carbons (Fsp3) is 0.280. The number of hydrogen-bond acceptors (Lipinski definition) is 3. The Morgan fingerprint density at radius 3 is 2.69 bits per heavy atom. The van der Waals surface area contributed by atoms with Gasteiger partial charge in [-0.15, -0.1) is 0 Å². The number of ether oxygens (including phenoxy) is 1. The predicted octanol–water partition coefficient (Wildman–Crippen LogP) is 4.97. The van der Waals surface area contributed by atoms with E-state index in [2.05, 4.69) is 24.3 Å². The second-order valence-electron chi connectivity index (χ2n) is 7.56. The highest BCUT2D eigenvalue weighted by Crippen LogP contribution is 2.34. The van der Waals surface area contributed by atoms with Crippen molar-refractivity contribution in [2.24, 2.45) is 0 Å². The average molecular weight is 386 g/mol. The van der Waals surface area contributed by atoms with Crippen molar-refractivity contribution in [3.05, 3.63) is 83.7 Å². The minimum atomic E-state index is 0.0375. The third-order valence-corrected chi connectivity index (χ3v) is 5.48. The van der Waals surface area contributed by atoms with Gasteiger partial charge in [-0.1, -0.05) is 42.5 Å². The molecule has 0 saturated carbocycles. The van der Waals surface area contributed by atoms with E-state index in [1.165, 1.54) is 5.56 Å². The van der Waals surface area contributed by atoms with Crippen molar-refractivity contribution >= 4 is 5.91 Å². The number of carbonyl (C=O) groups is 1. The first-order valence-electron chi connectivity index (χ1n) is 10.1. The van der Waals surface area contributed by atoms with Crippen molar-refractivity contribution in [2.75, 3.05) is 13.7 Å². The number of aryl methyl sites for hydroxylation is 1. The fourth-order valence-electron chi connectivity index (χ4n) is 4.09. The first-order chi connectivity index (χ1) is 14.1. The van der Waals surface area contributed by atoms with Gasteiger partial charge in [0.1, 0.15) is 5.75 Å². The normalized spacial score (nSPS) is 16.1. The maximum absolute atomic E-state index is 13.1. The lowest BCUT2D eigenvalue weighted by Gasteiger charge is -2.25. The van der Waals surface area contributed by atoms with Gasteiger partial charge in [0.2, 0.25) is 5.91 Å². The quantitative estimate of drug-likeness (QED) is 0.622. The van der Waals surface area contributed by atoms with Gasteiger partial charge in [0, 0.05) is 12.2 Å². The monoisotopic (exact) mass is 386 g/mol. The topological polar surface area (TPSA) is 42.4 Å². The van der Waals surface area contributed by atoms with Crippen molar-refractivity contribution in [1.82, 2.24) is 9.88 Å². The SMILES string of the molecule is COc1cccc(CC(=O)N2CCCC2c2cc(-c3ccccc3)cc(C)n2)c1. The van der Waals surface area contributed by atoms with Crippen LogP contribution in [0.4, 0.5) is 0 Å². The van der Waals surface area contributed by atoms with Crippen LogP contribution in [0.25, 0.3) is 11.1 Å². The maximum atomic E-state index is 13.1. The van der Waals surface area contributed by atoms with E-state index in [9.17, 15) is 4.79 Å². The zero-order valence-electron chi connectivity index (χ0n) is 17.0. The number of rotatable bonds is 5. The highest BCUT2D eigenvalue weighted by molar-refractivity contribution is 5.79. The molecule has 4 heteroatoms. The predicted molar refractivity (Wildman–Crippen MR) is 115 cm³/mol. The smallest absolute Gasteiger partial charge is 0.227 e. The number of nitrogens with zero attached hydrogens (tertiary/aromatic N) is 2. The minimum Gasteiger partial charge on any atom is -0.497 e. The maximum Gasteiger partial charge on any atom is 0.227 e. The molecule has 148 valence electrons. The Labute approximate surface area is 172 Å². The Balaban J connectivity index is 1.58. The number of methoxy groups -OCH3 is 1. The van der Waals surface area contributed by atoms with E-state index in [4.69, 9.17) is 9.72 Å². The molecule has 1 aliphatic rings. The Bertz CT molecular complexity index is 1000. The fourth-order valence-corrected chi connectivity index (χ4v) is 4.09. The number of likely N-dealkylation sites (tertiary alicyclic amines) is 1. The molecule has 1 unspecified atom stereocenters. The van der Waals surface area contributed by atoms with Crippen molar-refractivity contribution < 1.29 is 9.53 Å². The average Bonchev–Trinajstić information content (AvgIpc) is 3.24. The van der Waals surface area contributed by atoms with Gasteiger partial charge in [-0.2, -0.15) is 0 Å². The van der Waals surface area contributed by atoms with E-state index < -0.39 is 0 Å². The molecule has 0 spiro atoms. The van der Waals surface area contributed by atoms with Crippen LogP contribution in [0.15, 0.2) is 66.7 Å². The lowest BCUT2D eigenvalue weighted by molar-refractivity contribution is -0.131. The lowest BCUT2D eigenvalue weighted by atomic mass is 10.0. The van der Waals surface area contributed by atoms with Crippen LogP contribution in [-0.4, -0.2) is 29.4 Å². The van der Waals surface area contributed by atoms with E-state index >= 15 is 0 Å². The summed E-state index contributed by atoms with van der Waals surface area (Å²) in [4.78, 5) is 19.9. The molecular formula is C25H26N2O2. The Morgan fingerprint density at radius 2 is 1.90 bits per heavy atom. The molecule has 3 aromatic rings. The van der Waals surface area contributed by atoms with Gasteiger partial charge in [0.05, 0.1) is 25.3 Å². The Hall–Kier alpha value is -3.14. The van der Waals surface area contributed by atoms with Gasteiger partial charge < -0.3 is 9.64 Å². The van der Waals surface area contributed by atoms with E-state index in [1.54, 1.807) is 7.11 Å². The van der Waals surface area contributed by atoms with Crippen LogP contribution < -0.4 is 4.74 Å². The summed E-state index contributed by atoms with van der Waals surface area (Å²) in [5.41, 5.74) is 5.27. The van der Waals surface area contributed by atoms with Gasteiger partial charge in [-0.3, -0.25) is 9.78 Å². The molecule has 0 bridgehead atoms. The van der Waals surface area contributed by atoms with Gasteiger partial charge in [0.25, 0.3) is 0 Å². The third-order valence-electron chi connectivity index (χ3n) is 5.48. The van der Waals surface area contributed by atoms with E-state index in [0.29, 0.717) is 6.42 Å². The molecule has 1 atom stereocenters. The summed E-state index contributed by atoms with van der Waals surface area (Å²) >= 11 is 0. The molecule has 1 saturated heterocycles. The number of amides is 1. The van der Waals surface area contributed by atoms with Gasteiger partial charge in [0.15, 0.2) is 0 Å². The number of benzene rings is 2. The molecule has 0 aliphatic carbocycles. The van der Waals surface area contributed by atoms with E-state index in [0.717, 1.165) is 47.7 Å². The molecular weight excluding hydrogens is 360 g/mol. The highest BCUT2D eigenvalue weighted by atomic mass is 16.5. The van der Waals surface area contributed by atoms with Crippen LogP contribution in [0.2, 0.25) is 0 Å². The summed E-state index contributed by atoms with van der Waals surface area (Å²) in [6, 6.07) is 22.4. The van der Waals surface area contributed by atoms with Gasteiger partial charge in [-0.25, -0.2) is 0 Å². The molecule has 0 N–H and O–H groups in total. The summed E-state index contributed by atoms with van der Waals surface area (Å²) in [6.45, 7) is 2.80. The minimum absolute atomic E-state index is 0.0375. The molecule has 1 aromatic heterocycles. The summed E-state index contributed by atoms with van der Waals surface area (Å²) < 4.78 is 5.29. The zero-order chi connectivity index (χ0) is 20.2. The molecule has 1 amide bonds. The standard InChI is InChI=1S/C25H26N2O2/c1-18-14-21(20-9-4-3-5-10-20)17-23(26-18)24-12-7-13-27(24)25(28)16-19-8-6-11-22(15-19)29-2/h3-6,8-11,14-15,17,24H,7,12-13,16H2,1-2H3. The molecule has 0 radical (unpaired) electrons. The van der Waals surface area contributed by atoms with Crippen LogP contribution in [0.1, 0.15) is 35.8 Å². The highest BCUT2D eigenvalue weighted by Gasteiger charge is 2.31. The van der Waals surface area contributed by atoms with Crippen LogP contribution in [0.3, 0.4) is 0 Å². The molecule has 4 rings (SSSR count). The third kappa shape index (κ3) is 4.32. The molecule has 4 nitrogen and oxygen atoms in total. The zero-order valence-corrected chi connectivity index (χ0v) is 17.0. The van der Waals surface area contributed by atoms with Crippen LogP contribution in [0, 0.1) is 6.92 Å². The van der Waals surface area contributed by atoms with Crippen molar-refractivity contribution in [2.45, 2.75) is 32.2 Å². The first-order valence-corrected chi connectivity index (χ1v) is 10.1. The number of carbonyl (C=O) groups excluding carboxylic acids is 1. The number of aromatic nitrogens is 1. The summed E-state index contributed by atoms with van der Waals surface area (Å²) in [5, 5.41) is 0. The molecule has 29 heavy (non-hydrogen) atoms. The number of hydrogen-bond donors (Lipinski definition) is 0. The first kappa shape index (κ1) is 19.2. The molecule has 2 aromatic carbocycles. The largest absolute Gasteiger partial charge is 0.497 e. The summed E-state index contributed by atoms with van der Waals surface area (Å²) in [5.74, 6) is 0.923. The van der Waals surface area contributed by atoms with Crippen molar-refractivity contribution in [3.63, 3.8) is 0 Å². The van der Waals surface area contributed by atoms with Crippen LogP contribution in [-0.2, 0) is 11.2 Å². The van der Waals surface area contributed by atoms with Gasteiger partial charge >= 0.3 is 0 Å². The van der Waals surface area contributed by atoms with Crippen molar-refractivity contribution in [3.8, 4) is 16.9 Å². The lowest BCUT2D eigenvalue weighted by Crippen LogP contribution is -2.32. The molecule has 1 aliphatic heterocycles. The molecule has 1 fully saturated rings. The second kappa shape index (κ2) is 8.48. The second-order valence-corrected chi connectivity index (χ2v) is 7.56. The van der Waals surface area contributed by atoms with Crippen LogP contribution >= 0.6 is 0 Å². The summed E-state index contributed by atoms with van der Waals surface area (Å²) in [7, 11) is 1.64. The van der Waals surface area contributed by atoms with E-state index in [-0.39, 0.29) is 11.9 Å². The number of pyridine rings is 1. The van der Waals surface area contributed by atoms with E-state index in [1.807, 2.05) is 54.3 Å². The van der Waals surface area contributed by atoms with Crippen LogP contribution in [0.5, 0.6) is 5.75 Å². The Kier molecular flexibility index (Phi) is 5.61. The van der Waals surface area contributed by atoms with Gasteiger partial charge in [-0.05, 0) is 60.7 Å². The Morgan fingerprint density at radius 1 is 1.07 bits per heavy atom. The summed E-state index contributed by atoms with van der Waals surface area (Å²) in [6.07, 6.45) is 2.34. The van der Waals surface area contributed by atoms with Crippen molar-refractivity contribution in [1.29, 1.82) is 0 Å².